The van der Waals surface area contributed by atoms with Crippen LogP contribution in [0.5, 0.6) is 0 Å². The molecule has 20 heavy (non-hydrogen) atoms. The third-order valence-electron chi connectivity index (χ3n) is 2.34. The first kappa shape index (κ1) is 16.0. The van der Waals surface area contributed by atoms with Crippen molar-refractivity contribution in [2.24, 2.45) is 4.99 Å². The standard InChI is InChI=1S/C14H14N2O3S/c1-3-6-19-14(18)10(2)20-13-7-12(16-9-17)5-4-11(13)8-15/h4-5,7,10H,3,6H2,1-2H3. The number of ether oxygens (including phenoxy) is 1. The first-order valence-corrected chi connectivity index (χ1v) is 6.95. The van der Waals surface area contributed by atoms with Crippen molar-refractivity contribution in [3.63, 3.8) is 0 Å². The van der Waals surface area contributed by atoms with Crippen molar-refractivity contribution in [1.29, 1.82) is 5.26 Å². The Hall–Kier alpha value is -2.09. The quantitative estimate of drug-likeness (QED) is 0.348. The van der Waals surface area contributed by atoms with Crippen LogP contribution in [0.2, 0.25) is 0 Å². The zero-order chi connectivity index (χ0) is 15.0. The number of isocyanates is 1. The third kappa shape index (κ3) is 4.54. The van der Waals surface area contributed by atoms with Crippen LogP contribution in [0.15, 0.2) is 28.1 Å². The maximum absolute atomic E-state index is 11.7. The highest BCUT2D eigenvalue weighted by atomic mass is 32.2. The van der Waals surface area contributed by atoms with Crippen molar-refractivity contribution >= 4 is 29.5 Å². The van der Waals surface area contributed by atoms with E-state index in [0.29, 0.717) is 22.8 Å². The van der Waals surface area contributed by atoms with Gasteiger partial charge in [0.15, 0.2) is 0 Å². The minimum atomic E-state index is -0.441. The van der Waals surface area contributed by atoms with Gasteiger partial charge in [0.25, 0.3) is 0 Å². The number of hydrogen-bond donors (Lipinski definition) is 0. The lowest BCUT2D eigenvalue weighted by atomic mass is 10.2. The summed E-state index contributed by atoms with van der Waals surface area (Å²) in [6.45, 7) is 4.00. The van der Waals surface area contributed by atoms with Crippen LogP contribution in [0.4, 0.5) is 5.69 Å². The lowest BCUT2D eigenvalue weighted by molar-refractivity contribution is -0.142. The lowest BCUT2D eigenvalue weighted by Crippen LogP contribution is -2.17. The molecule has 0 aromatic heterocycles. The number of hydrogen-bond acceptors (Lipinski definition) is 6. The molecule has 0 saturated carbocycles. The molecule has 0 N–H and O–H groups in total. The van der Waals surface area contributed by atoms with E-state index in [2.05, 4.69) is 4.99 Å². The van der Waals surface area contributed by atoms with E-state index in [1.807, 2.05) is 13.0 Å². The van der Waals surface area contributed by atoms with Gasteiger partial charge in [0.1, 0.15) is 11.3 Å². The molecule has 0 heterocycles. The molecular weight excluding hydrogens is 276 g/mol. The van der Waals surface area contributed by atoms with Crippen LogP contribution in [-0.4, -0.2) is 23.9 Å². The van der Waals surface area contributed by atoms with Crippen molar-refractivity contribution in [3.05, 3.63) is 23.8 Å². The number of nitrogens with zero attached hydrogens (tertiary/aromatic N) is 2. The number of thioether (sulfide) groups is 1. The first-order valence-electron chi connectivity index (χ1n) is 6.07. The molecule has 0 spiro atoms. The zero-order valence-electron chi connectivity index (χ0n) is 11.3. The van der Waals surface area contributed by atoms with Gasteiger partial charge in [-0.2, -0.15) is 10.3 Å². The van der Waals surface area contributed by atoms with E-state index in [-0.39, 0.29) is 5.97 Å². The average Bonchev–Trinajstić information content (AvgIpc) is 2.45. The highest BCUT2D eigenvalue weighted by molar-refractivity contribution is 8.00. The number of rotatable bonds is 6. The zero-order valence-corrected chi connectivity index (χ0v) is 12.1. The summed E-state index contributed by atoms with van der Waals surface area (Å²) < 4.78 is 5.05. The van der Waals surface area contributed by atoms with E-state index in [1.165, 1.54) is 17.8 Å². The lowest BCUT2D eigenvalue weighted by Gasteiger charge is -2.11. The normalized spacial score (nSPS) is 11.1. The molecule has 104 valence electrons. The van der Waals surface area contributed by atoms with E-state index in [0.717, 1.165) is 6.42 Å². The van der Waals surface area contributed by atoms with Crippen LogP contribution >= 0.6 is 11.8 Å². The van der Waals surface area contributed by atoms with Crippen LogP contribution in [0, 0.1) is 11.3 Å². The summed E-state index contributed by atoms with van der Waals surface area (Å²) in [5, 5.41) is 8.60. The number of benzene rings is 1. The fourth-order valence-electron chi connectivity index (χ4n) is 1.38. The van der Waals surface area contributed by atoms with Crippen LogP contribution < -0.4 is 0 Å². The van der Waals surface area contributed by atoms with E-state index < -0.39 is 5.25 Å². The van der Waals surface area contributed by atoms with E-state index in [1.54, 1.807) is 25.1 Å². The average molecular weight is 290 g/mol. The second-order valence-electron chi connectivity index (χ2n) is 3.92. The van der Waals surface area contributed by atoms with Gasteiger partial charge in [-0.05, 0) is 31.5 Å². The van der Waals surface area contributed by atoms with Gasteiger partial charge in [-0.25, -0.2) is 4.79 Å². The largest absolute Gasteiger partial charge is 0.465 e. The smallest absolute Gasteiger partial charge is 0.319 e. The Bertz CT molecular complexity index is 574. The van der Waals surface area contributed by atoms with Crippen molar-refractivity contribution in [1.82, 2.24) is 0 Å². The fraction of sp³-hybridized carbons (Fsp3) is 0.357. The Morgan fingerprint density at radius 2 is 2.30 bits per heavy atom. The molecule has 1 aromatic carbocycles. The highest BCUT2D eigenvalue weighted by Crippen LogP contribution is 2.30. The molecule has 0 bridgehead atoms. The van der Waals surface area contributed by atoms with Crippen molar-refractivity contribution in [2.75, 3.05) is 6.61 Å². The summed E-state index contributed by atoms with van der Waals surface area (Å²) in [6.07, 6.45) is 2.20. The summed E-state index contributed by atoms with van der Waals surface area (Å²) in [6, 6.07) is 6.73. The number of esters is 1. The van der Waals surface area contributed by atoms with Crippen molar-refractivity contribution in [2.45, 2.75) is 30.4 Å². The highest BCUT2D eigenvalue weighted by Gasteiger charge is 2.17. The Balaban J connectivity index is 2.89. The van der Waals surface area contributed by atoms with Crippen LogP contribution in [0.1, 0.15) is 25.8 Å². The maximum atomic E-state index is 11.7. The second-order valence-corrected chi connectivity index (χ2v) is 5.31. The van der Waals surface area contributed by atoms with Gasteiger partial charge in [-0.15, -0.1) is 11.8 Å². The predicted octanol–water partition coefficient (Wildman–Crippen LogP) is 2.96. The van der Waals surface area contributed by atoms with Gasteiger partial charge in [-0.1, -0.05) is 6.92 Å². The molecule has 5 nitrogen and oxygen atoms in total. The SMILES string of the molecule is CCCOC(=O)C(C)Sc1cc(N=C=O)ccc1C#N. The molecule has 1 rings (SSSR count). The Morgan fingerprint density at radius 3 is 2.90 bits per heavy atom. The molecular formula is C14H14N2O3S. The molecule has 0 fully saturated rings. The molecule has 0 radical (unpaired) electrons. The number of carbonyl (C=O) groups is 1. The van der Waals surface area contributed by atoms with Gasteiger partial charge < -0.3 is 4.74 Å². The number of carbonyl (C=O) groups excluding carboxylic acids is 2. The van der Waals surface area contributed by atoms with Crippen molar-refractivity contribution in [3.8, 4) is 6.07 Å². The molecule has 0 saturated heterocycles. The fourth-order valence-corrected chi connectivity index (χ4v) is 2.36. The third-order valence-corrected chi connectivity index (χ3v) is 3.48. The van der Waals surface area contributed by atoms with Gasteiger partial charge >= 0.3 is 5.97 Å². The number of aliphatic imine (C=N–C) groups is 1. The van der Waals surface area contributed by atoms with Gasteiger partial charge in [-0.3, -0.25) is 4.79 Å². The Kier molecular flexibility index (Phi) is 6.51. The molecule has 1 atom stereocenters. The van der Waals surface area contributed by atoms with Crippen LogP contribution in [0.25, 0.3) is 0 Å². The summed E-state index contributed by atoms with van der Waals surface area (Å²) in [5.41, 5.74) is 0.825. The molecule has 0 aliphatic rings. The molecule has 0 aliphatic heterocycles. The summed E-state index contributed by atoms with van der Waals surface area (Å²) in [4.78, 5) is 26.0. The van der Waals surface area contributed by atoms with Crippen LogP contribution in [-0.2, 0) is 14.3 Å². The predicted molar refractivity (Wildman–Crippen MR) is 75.5 cm³/mol. The topological polar surface area (TPSA) is 79.5 Å². The Labute approximate surface area is 121 Å². The van der Waals surface area contributed by atoms with Crippen LogP contribution in [0.3, 0.4) is 0 Å². The number of nitriles is 1. The van der Waals surface area contributed by atoms with E-state index >= 15 is 0 Å². The van der Waals surface area contributed by atoms with Crippen molar-refractivity contribution < 1.29 is 14.3 Å². The molecule has 0 amide bonds. The minimum Gasteiger partial charge on any atom is -0.465 e. The first-order chi connectivity index (χ1) is 9.62. The van der Waals surface area contributed by atoms with Gasteiger partial charge in [0, 0.05) is 4.90 Å². The monoisotopic (exact) mass is 290 g/mol. The molecule has 1 aromatic rings. The van der Waals surface area contributed by atoms with E-state index in [9.17, 15) is 9.59 Å². The summed E-state index contributed by atoms with van der Waals surface area (Å²) >= 11 is 1.21. The van der Waals surface area contributed by atoms with Gasteiger partial charge in [0.2, 0.25) is 6.08 Å². The van der Waals surface area contributed by atoms with E-state index in [4.69, 9.17) is 10.00 Å². The maximum Gasteiger partial charge on any atom is 0.319 e. The summed E-state index contributed by atoms with van der Waals surface area (Å²) in [7, 11) is 0. The summed E-state index contributed by atoms with van der Waals surface area (Å²) in [5.74, 6) is -0.329. The molecule has 1 unspecified atom stereocenters. The molecule has 0 aliphatic carbocycles. The minimum absolute atomic E-state index is 0.329. The second kappa shape index (κ2) is 8.16. The Morgan fingerprint density at radius 1 is 1.55 bits per heavy atom. The molecule has 6 heteroatoms. The van der Waals surface area contributed by atoms with Gasteiger partial charge in [0.05, 0.1) is 17.9 Å².